The van der Waals surface area contributed by atoms with E-state index < -0.39 is 0 Å². The first-order chi connectivity index (χ1) is 13.7. The van der Waals surface area contributed by atoms with Gasteiger partial charge in [0.1, 0.15) is 0 Å². The van der Waals surface area contributed by atoms with Gasteiger partial charge in [0.15, 0.2) is 5.84 Å². The average Bonchev–Trinajstić information content (AvgIpc) is 3.23. The highest BCUT2D eigenvalue weighted by Gasteiger charge is 2.28. The highest BCUT2D eigenvalue weighted by Crippen LogP contribution is 2.24. The molecule has 0 aromatic heterocycles. The molecule has 0 saturated heterocycles. The summed E-state index contributed by atoms with van der Waals surface area (Å²) in [6, 6.07) is 8.61. The second-order valence-corrected chi connectivity index (χ2v) is 8.58. The van der Waals surface area contributed by atoms with Crippen molar-refractivity contribution in [1.82, 2.24) is 15.3 Å². The number of halogens is 1. The maximum absolute atomic E-state index is 12.8. The van der Waals surface area contributed by atoms with E-state index in [1.54, 1.807) is 5.01 Å². The molecule has 1 fully saturated rings. The monoisotopic (exact) mass is 419 g/mol. The lowest BCUT2D eigenvalue weighted by Crippen LogP contribution is -2.51. The van der Waals surface area contributed by atoms with Crippen molar-refractivity contribution in [3.63, 3.8) is 0 Å². The van der Waals surface area contributed by atoms with Gasteiger partial charge in [-0.05, 0) is 58.2 Å². The molecule has 0 heterocycles. The van der Waals surface area contributed by atoms with Crippen molar-refractivity contribution in [2.45, 2.75) is 78.0 Å². The van der Waals surface area contributed by atoms with Crippen LogP contribution in [-0.4, -0.2) is 39.8 Å². The number of nitrogens with zero attached hydrogens (tertiary/aromatic N) is 2. The van der Waals surface area contributed by atoms with Crippen LogP contribution in [0.3, 0.4) is 0 Å². The molecule has 1 aliphatic rings. The first-order valence-electron chi connectivity index (χ1n) is 10.4. The zero-order chi connectivity index (χ0) is 21.6. The molecule has 4 N–H and O–H groups in total. The Morgan fingerprint density at radius 3 is 2.24 bits per heavy atom. The van der Waals surface area contributed by atoms with Gasteiger partial charge in [0.2, 0.25) is 0 Å². The predicted octanol–water partition coefficient (Wildman–Crippen LogP) is 4.21. The van der Waals surface area contributed by atoms with E-state index in [-0.39, 0.29) is 22.8 Å². The first-order valence-corrected chi connectivity index (χ1v) is 10.7. The number of hydrogen-bond acceptors (Lipinski definition) is 4. The van der Waals surface area contributed by atoms with Gasteiger partial charge in [0, 0.05) is 30.4 Å². The second-order valence-electron chi connectivity index (χ2n) is 8.17. The van der Waals surface area contributed by atoms with Gasteiger partial charge in [-0.2, -0.15) is 0 Å². The number of hydrogen-bond donors (Lipinski definition) is 3. The lowest BCUT2D eigenvalue weighted by molar-refractivity contribution is 0.0833. The summed E-state index contributed by atoms with van der Waals surface area (Å²) in [6.07, 6.45) is 5.16. The Kier molecular flexibility index (Phi) is 8.53. The van der Waals surface area contributed by atoms with E-state index in [0.717, 1.165) is 32.2 Å². The summed E-state index contributed by atoms with van der Waals surface area (Å²) in [5, 5.41) is 9.97. The Balaban J connectivity index is 2.10. The standard InChI is InChI=1S/C22H34ClN5O/c1-15(2)27(16(3)4)14-17-9-11-18(12-10-17)22(29)26-28(19-7-5-6-8-19)21(25)20(23)13-24/h9-13,15-16,19,25H,5-8,14,24H2,1-4H3,(H,26,29). The largest absolute Gasteiger partial charge is 0.403 e. The summed E-state index contributed by atoms with van der Waals surface area (Å²) < 4.78 is 0. The van der Waals surface area contributed by atoms with Crippen LogP contribution in [0.4, 0.5) is 0 Å². The van der Waals surface area contributed by atoms with E-state index in [4.69, 9.17) is 22.7 Å². The zero-order valence-corrected chi connectivity index (χ0v) is 18.7. The summed E-state index contributed by atoms with van der Waals surface area (Å²) in [7, 11) is 0. The molecule has 160 valence electrons. The van der Waals surface area contributed by atoms with Gasteiger partial charge < -0.3 is 5.73 Å². The average molecular weight is 420 g/mol. The Morgan fingerprint density at radius 1 is 1.21 bits per heavy atom. The number of nitrogens with two attached hydrogens (primary N) is 1. The van der Waals surface area contributed by atoms with Crippen molar-refractivity contribution in [3.05, 3.63) is 46.6 Å². The molecule has 1 aromatic carbocycles. The van der Waals surface area contributed by atoms with Crippen molar-refractivity contribution >= 4 is 23.3 Å². The number of benzene rings is 1. The minimum atomic E-state index is -0.251. The Hall–Kier alpha value is -2.05. The minimum absolute atomic E-state index is 0.0237. The molecule has 0 unspecified atom stereocenters. The van der Waals surface area contributed by atoms with Gasteiger partial charge in [0.05, 0.1) is 11.1 Å². The zero-order valence-electron chi connectivity index (χ0n) is 17.9. The van der Waals surface area contributed by atoms with E-state index >= 15 is 0 Å². The molecule has 1 aromatic rings. The van der Waals surface area contributed by atoms with Crippen LogP contribution in [0.2, 0.25) is 0 Å². The van der Waals surface area contributed by atoms with Crippen LogP contribution in [0.1, 0.15) is 69.3 Å². The smallest absolute Gasteiger partial charge is 0.269 e. The Morgan fingerprint density at radius 2 is 1.76 bits per heavy atom. The van der Waals surface area contributed by atoms with Gasteiger partial charge in [-0.25, -0.2) is 0 Å². The number of rotatable bonds is 7. The third-order valence-corrected chi connectivity index (χ3v) is 5.74. The van der Waals surface area contributed by atoms with E-state index in [0.29, 0.717) is 17.6 Å². The van der Waals surface area contributed by atoms with Crippen LogP contribution in [-0.2, 0) is 6.54 Å². The SMILES string of the molecule is CC(C)N(Cc1ccc(C(=O)NN(C(=N)C(Cl)=CN)C2CCCC2)cc1)C(C)C. The van der Waals surface area contributed by atoms with Crippen LogP contribution in [0.15, 0.2) is 35.5 Å². The van der Waals surface area contributed by atoms with Gasteiger partial charge >= 0.3 is 0 Å². The summed E-state index contributed by atoms with van der Waals surface area (Å²) in [4.78, 5) is 15.2. The molecule has 0 bridgehead atoms. The summed E-state index contributed by atoms with van der Waals surface area (Å²) in [6.45, 7) is 9.60. The van der Waals surface area contributed by atoms with Crippen LogP contribution in [0.5, 0.6) is 0 Å². The number of carbonyl (C=O) groups excluding carboxylic acids is 1. The quantitative estimate of drug-likeness (QED) is 0.351. The number of hydrazine groups is 1. The lowest BCUT2D eigenvalue weighted by atomic mass is 10.1. The third kappa shape index (κ3) is 6.21. The van der Waals surface area contributed by atoms with Crippen LogP contribution in [0.25, 0.3) is 0 Å². The highest BCUT2D eigenvalue weighted by molar-refractivity contribution is 6.42. The first kappa shape index (κ1) is 23.2. The minimum Gasteiger partial charge on any atom is -0.403 e. The fourth-order valence-electron chi connectivity index (χ4n) is 3.79. The second kappa shape index (κ2) is 10.6. The third-order valence-electron chi connectivity index (χ3n) is 5.43. The molecule has 1 saturated carbocycles. The molecule has 1 amide bonds. The van der Waals surface area contributed by atoms with Gasteiger partial charge in [-0.3, -0.25) is 25.5 Å². The van der Waals surface area contributed by atoms with Crippen LogP contribution < -0.4 is 11.2 Å². The van der Waals surface area contributed by atoms with Crippen molar-refractivity contribution < 1.29 is 4.79 Å². The van der Waals surface area contributed by atoms with Gasteiger partial charge in [-0.15, -0.1) is 0 Å². The Labute approximate surface area is 179 Å². The van der Waals surface area contributed by atoms with Crippen molar-refractivity contribution in [1.29, 1.82) is 5.41 Å². The predicted molar refractivity (Wildman–Crippen MR) is 120 cm³/mol. The van der Waals surface area contributed by atoms with E-state index in [1.807, 2.05) is 24.3 Å². The topological polar surface area (TPSA) is 85.5 Å². The van der Waals surface area contributed by atoms with E-state index in [9.17, 15) is 4.79 Å². The molecular formula is C22H34ClN5O. The van der Waals surface area contributed by atoms with E-state index in [1.165, 1.54) is 11.8 Å². The number of carbonyl (C=O) groups is 1. The lowest BCUT2D eigenvalue weighted by Gasteiger charge is -2.31. The van der Waals surface area contributed by atoms with Gasteiger partial charge in [-0.1, -0.05) is 36.6 Å². The summed E-state index contributed by atoms with van der Waals surface area (Å²) in [5.41, 5.74) is 10.1. The Bertz CT molecular complexity index is 715. The summed E-state index contributed by atoms with van der Waals surface area (Å²) >= 11 is 6.05. The van der Waals surface area contributed by atoms with Crippen molar-refractivity contribution in [2.24, 2.45) is 5.73 Å². The van der Waals surface area contributed by atoms with Crippen molar-refractivity contribution in [2.75, 3.05) is 0 Å². The molecule has 0 aliphatic heterocycles. The van der Waals surface area contributed by atoms with Crippen LogP contribution >= 0.6 is 11.6 Å². The molecule has 2 rings (SSSR count). The summed E-state index contributed by atoms with van der Waals surface area (Å²) in [5.74, 6) is -0.227. The molecular weight excluding hydrogens is 386 g/mol. The maximum atomic E-state index is 12.8. The molecule has 1 aliphatic carbocycles. The molecule has 29 heavy (non-hydrogen) atoms. The van der Waals surface area contributed by atoms with E-state index in [2.05, 4.69) is 38.0 Å². The normalized spacial score (nSPS) is 15.4. The highest BCUT2D eigenvalue weighted by atomic mass is 35.5. The maximum Gasteiger partial charge on any atom is 0.269 e. The number of amides is 1. The number of amidine groups is 1. The van der Waals surface area contributed by atoms with Crippen LogP contribution in [0, 0.1) is 5.41 Å². The molecule has 0 atom stereocenters. The molecule has 0 radical (unpaired) electrons. The van der Waals surface area contributed by atoms with Crippen molar-refractivity contribution in [3.8, 4) is 0 Å². The molecule has 0 spiro atoms. The molecule has 7 heteroatoms. The fraction of sp³-hybridized carbons (Fsp3) is 0.545. The van der Waals surface area contributed by atoms with Gasteiger partial charge in [0.25, 0.3) is 5.91 Å². The fourth-order valence-corrected chi connectivity index (χ4v) is 3.89. The molecule has 6 nitrogen and oxygen atoms in total. The number of nitrogens with one attached hydrogen (secondary N) is 2.